The van der Waals surface area contributed by atoms with Gasteiger partial charge >= 0.3 is 5.97 Å². The number of hydrogen-bond donors (Lipinski definition) is 1. The van der Waals surface area contributed by atoms with Gasteiger partial charge in [0.25, 0.3) is 0 Å². The van der Waals surface area contributed by atoms with Crippen LogP contribution < -0.4 is 0 Å². The summed E-state index contributed by atoms with van der Waals surface area (Å²) in [5.41, 5.74) is 0. The van der Waals surface area contributed by atoms with Crippen molar-refractivity contribution in [3.05, 3.63) is 0 Å². The maximum atomic E-state index is 12.1. The lowest BCUT2D eigenvalue weighted by atomic mass is 10.2. The molecule has 1 N–H and O–H groups in total. The Kier molecular flexibility index (Phi) is 4.69. The predicted molar refractivity (Wildman–Crippen MR) is 64.8 cm³/mol. The van der Waals surface area contributed by atoms with Gasteiger partial charge < -0.3 is 14.9 Å². The van der Waals surface area contributed by atoms with Crippen molar-refractivity contribution in [1.82, 2.24) is 9.80 Å². The molecule has 0 heterocycles. The Hall–Kier alpha value is -1.59. The fourth-order valence-corrected chi connectivity index (χ4v) is 1.82. The van der Waals surface area contributed by atoms with E-state index >= 15 is 0 Å². The molecule has 2 atom stereocenters. The van der Waals surface area contributed by atoms with E-state index in [1.165, 1.54) is 9.80 Å². The third-order valence-electron chi connectivity index (χ3n) is 3.05. The minimum Gasteiger partial charge on any atom is -0.481 e. The van der Waals surface area contributed by atoms with E-state index in [9.17, 15) is 14.4 Å². The minimum atomic E-state index is -0.927. The number of carbonyl (C=O) groups is 3. The highest BCUT2D eigenvalue weighted by Gasteiger charge is 2.49. The first-order valence-corrected chi connectivity index (χ1v) is 6.10. The van der Waals surface area contributed by atoms with Gasteiger partial charge in [-0.1, -0.05) is 6.92 Å². The monoisotopic (exact) mass is 256 g/mol. The summed E-state index contributed by atoms with van der Waals surface area (Å²) in [6.45, 7) is 2.44. The highest BCUT2D eigenvalue weighted by molar-refractivity contribution is 5.91. The number of carboxylic acids is 1. The van der Waals surface area contributed by atoms with Crippen LogP contribution in [0.25, 0.3) is 0 Å². The van der Waals surface area contributed by atoms with E-state index in [1.54, 1.807) is 14.1 Å². The van der Waals surface area contributed by atoms with E-state index in [-0.39, 0.29) is 18.4 Å². The first-order chi connectivity index (χ1) is 8.38. The average molecular weight is 256 g/mol. The second-order valence-electron chi connectivity index (χ2n) is 4.83. The molecule has 0 spiro atoms. The van der Waals surface area contributed by atoms with Crippen LogP contribution in [0, 0.1) is 11.8 Å². The molecule has 0 aromatic carbocycles. The lowest BCUT2D eigenvalue weighted by Gasteiger charge is -2.23. The second kappa shape index (κ2) is 5.84. The molecule has 6 nitrogen and oxygen atoms in total. The van der Waals surface area contributed by atoms with Gasteiger partial charge in [-0.25, -0.2) is 0 Å². The van der Waals surface area contributed by atoms with Crippen LogP contribution in [0.1, 0.15) is 19.8 Å². The SMILES string of the molecule is CCCN(CC(=O)N(C)C)C(=O)[C@@H]1C[C@@H]1C(=O)O. The molecule has 0 saturated heterocycles. The van der Waals surface area contributed by atoms with E-state index < -0.39 is 17.8 Å². The minimum absolute atomic E-state index is 0.0303. The first-order valence-electron chi connectivity index (χ1n) is 6.10. The van der Waals surface area contributed by atoms with Crippen molar-refractivity contribution in [2.75, 3.05) is 27.2 Å². The Labute approximate surface area is 107 Å². The summed E-state index contributed by atoms with van der Waals surface area (Å²) in [7, 11) is 3.27. The number of likely N-dealkylation sites (N-methyl/N-ethyl adjacent to an activating group) is 1. The molecule has 2 amide bonds. The molecule has 1 aliphatic carbocycles. The van der Waals surface area contributed by atoms with Crippen LogP contribution in [0.2, 0.25) is 0 Å². The van der Waals surface area contributed by atoms with Crippen molar-refractivity contribution < 1.29 is 19.5 Å². The molecule has 0 aromatic rings. The standard InChI is InChI=1S/C12H20N2O4/c1-4-5-14(7-10(15)13(2)3)11(16)8-6-9(8)12(17)18/h8-9H,4-7H2,1-3H3,(H,17,18)/t8-,9+/m1/s1. The van der Waals surface area contributed by atoms with E-state index in [4.69, 9.17) is 5.11 Å². The van der Waals surface area contributed by atoms with Crippen molar-refractivity contribution in [1.29, 1.82) is 0 Å². The topological polar surface area (TPSA) is 77.9 Å². The Bertz CT molecular complexity index is 354. The molecule has 1 fully saturated rings. The Morgan fingerprint density at radius 3 is 2.22 bits per heavy atom. The van der Waals surface area contributed by atoms with Gasteiger partial charge in [-0.3, -0.25) is 14.4 Å². The number of carbonyl (C=O) groups excluding carboxylic acids is 2. The van der Waals surface area contributed by atoms with Crippen molar-refractivity contribution in [2.45, 2.75) is 19.8 Å². The lowest BCUT2D eigenvalue weighted by Crippen LogP contribution is -2.41. The molecule has 102 valence electrons. The van der Waals surface area contributed by atoms with Crippen LogP contribution in [0.3, 0.4) is 0 Å². The van der Waals surface area contributed by atoms with Crippen LogP contribution in [0.4, 0.5) is 0 Å². The summed E-state index contributed by atoms with van der Waals surface area (Å²) >= 11 is 0. The van der Waals surface area contributed by atoms with Crippen LogP contribution in [0.5, 0.6) is 0 Å². The average Bonchev–Trinajstić information content (AvgIpc) is 3.07. The van der Waals surface area contributed by atoms with Crippen LogP contribution >= 0.6 is 0 Å². The zero-order valence-corrected chi connectivity index (χ0v) is 11.0. The summed E-state index contributed by atoms with van der Waals surface area (Å²) in [4.78, 5) is 37.3. The summed E-state index contributed by atoms with van der Waals surface area (Å²) < 4.78 is 0. The molecule has 0 radical (unpaired) electrons. The number of amides is 2. The smallest absolute Gasteiger partial charge is 0.307 e. The quantitative estimate of drug-likeness (QED) is 0.727. The van der Waals surface area contributed by atoms with E-state index in [2.05, 4.69) is 0 Å². The molecule has 0 aromatic heterocycles. The second-order valence-corrected chi connectivity index (χ2v) is 4.83. The van der Waals surface area contributed by atoms with Crippen molar-refractivity contribution in [3.63, 3.8) is 0 Å². The number of rotatable bonds is 6. The van der Waals surface area contributed by atoms with Gasteiger partial charge in [0.15, 0.2) is 0 Å². The van der Waals surface area contributed by atoms with Crippen LogP contribution in [0.15, 0.2) is 0 Å². The van der Waals surface area contributed by atoms with Gasteiger partial charge in [-0.2, -0.15) is 0 Å². The summed E-state index contributed by atoms with van der Waals surface area (Å²) in [5, 5.41) is 8.81. The highest BCUT2D eigenvalue weighted by atomic mass is 16.4. The van der Waals surface area contributed by atoms with Crippen LogP contribution in [-0.2, 0) is 14.4 Å². The Morgan fingerprint density at radius 2 is 1.83 bits per heavy atom. The van der Waals surface area contributed by atoms with Gasteiger partial charge in [-0.15, -0.1) is 0 Å². The van der Waals surface area contributed by atoms with Crippen LogP contribution in [-0.4, -0.2) is 59.9 Å². The van der Waals surface area contributed by atoms with Crippen molar-refractivity contribution in [3.8, 4) is 0 Å². The molecule has 1 rings (SSSR count). The molecule has 0 unspecified atom stereocenters. The molecular formula is C12H20N2O4. The Balaban J connectivity index is 2.59. The zero-order valence-electron chi connectivity index (χ0n) is 11.0. The molecule has 0 bridgehead atoms. The van der Waals surface area contributed by atoms with E-state index in [1.807, 2.05) is 6.92 Å². The fraction of sp³-hybridized carbons (Fsp3) is 0.750. The van der Waals surface area contributed by atoms with Crippen molar-refractivity contribution in [2.24, 2.45) is 11.8 Å². The largest absolute Gasteiger partial charge is 0.481 e. The Morgan fingerprint density at radius 1 is 1.22 bits per heavy atom. The summed E-state index contributed by atoms with van der Waals surface area (Å²) in [6.07, 6.45) is 1.14. The first kappa shape index (κ1) is 14.5. The maximum absolute atomic E-state index is 12.1. The number of aliphatic carboxylic acids is 1. The third kappa shape index (κ3) is 3.45. The number of carboxylic acid groups (broad SMARTS) is 1. The van der Waals surface area contributed by atoms with E-state index in [0.717, 1.165) is 6.42 Å². The molecular weight excluding hydrogens is 236 g/mol. The number of nitrogens with zero attached hydrogens (tertiary/aromatic N) is 2. The van der Waals surface area contributed by atoms with Gasteiger partial charge in [0, 0.05) is 20.6 Å². The highest BCUT2D eigenvalue weighted by Crippen LogP contribution is 2.40. The summed E-state index contributed by atoms with van der Waals surface area (Å²) in [6, 6.07) is 0. The van der Waals surface area contributed by atoms with E-state index in [0.29, 0.717) is 13.0 Å². The number of hydrogen-bond acceptors (Lipinski definition) is 3. The molecule has 0 aliphatic heterocycles. The lowest BCUT2D eigenvalue weighted by molar-refractivity contribution is -0.143. The zero-order chi connectivity index (χ0) is 13.9. The molecule has 18 heavy (non-hydrogen) atoms. The van der Waals surface area contributed by atoms with Gasteiger partial charge in [-0.05, 0) is 12.8 Å². The fourth-order valence-electron chi connectivity index (χ4n) is 1.82. The molecule has 1 saturated carbocycles. The third-order valence-corrected chi connectivity index (χ3v) is 3.05. The molecule has 6 heteroatoms. The van der Waals surface area contributed by atoms with Gasteiger partial charge in [0.2, 0.25) is 11.8 Å². The normalized spacial score (nSPS) is 21.3. The maximum Gasteiger partial charge on any atom is 0.307 e. The molecule has 1 aliphatic rings. The summed E-state index contributed by atoms with van der Waals surface area (Å²) in [5.74, 6) is -2.29. The van der Waals surface area contributed by atoms with Gasteiger partial charge in [0.05, 0.1) is 18.4 Å². The van der Waals surface area contributed by atoms with Crippen molar-refractivity contribution >= 4 is 17.8 Å². The predicted octanol–water partition coefficient (Wildman–Crippen LogP) is 0.0339. The van der Waals surface area contributed by atoms with Gasteiger partial charge in [0.1, 0.15) is 0 Å².